The average molecular weight is 346 g/mol. The van der Waals surface area contributed by atoms with Crippen molar-refractivity contribution < 1.29 is 4.79 Å². The lowest BCUT2D eigenvalue weighted by atomic mass is 10.0. The number of nitrogens with zero attached hydrogens (tertiary/aromatic N) is 2. The van der Waals surface area contributed by atoms with Crippen molar-refractivity contribution in [1.29, 1.82) is 0 Å². The molecule has 0 atom stereocenters. The molecule has 4 nitrogen and oxygen atoms in total. The Hall–Kier alpha value is -1.62. The first-order chi connectivity index (χ1) is 11.3. The number of carbonyl (C=O) groups excluding carboxylic acids is 1. The summed E-state index contributed by atoms with van der Waals surface area (Å²) in [4.78, 5) is 16.8. The van der Waals surface area contributed by atoms with E-state index in [9.17, 15) is 4.79 Å². The molecule has 1 N–H and O–H groups in total. The lowest BCUT2D eigenvalue weighted by Gasteiger charge is -2.38. The van der Waals surface area contributed by atoms with Crippen molar-refractivity contribution in [3.63, 3.8) is 0 Å². The lowest BCUT2D eigenvalue weighted by molar-refractivity contribution is -0.138. The summed E-state index contributed by atoms with van der Waals surface area (Å²) < 4.78 is 0. The Bertz CT molecular complexity index is 703. The zero-order valence-electron chi connectivity index (χ0n) is 13.8. The Kier molecular flexibility index (Phi) is 5.39. The van der Waals surface area contributed by atoms with Crippen LogP contribution >= 0.6 is 12.4 Å². The molecule has 2 aliphatic rings. The second-order valence-electron chi connectivity index (χ2n) is 6.59. The van der Waals surface area contributed by atoms with E-state index >= 15 is 0 Å². The fourth-order valence-corrected chi connectivity index (χ4v) is 3.52. The van der Waals surface area contributed by atoms with E-state index < -0.39 is 0 Å². The van der Waals surface area contributed by atoms with E-state index in [1.807, 2.05) is 4.90 Å². The van der Waals surface area contributed by atoms with E-state index in [0.717, 1.165) is 45.8 Å². The smallest absolute Gasteiger partial charge is 0.228 e. The van der Waals surface area contributed by atoms with Crippen molar-refractivity contribution in [2.75, 3.05) is 39.3 Å². The Balaban J connectivity index is 0.00000169. The topological polar surface area (TPSA) is 35.6 Å². The summed E-state index contributed by atoms with van der Waals surface area (Å²) in [6, 6.07) is 15.1. The molecule has 0 spiro atoms. The van der Waals surface area contributed by atoms with Crippen LogP contribution in [0.15, 0.2) is 42.5 Å². The highest BCUT2D eigenvalue weighted by atomic mass is 35.5. The molecule has 0 aromatic heterocycles. The third kappa shape index (κ3) is 3.41. The van der Waals surface area contributed by atoms with Gasteiger partial charge in [-0.15, -0.1) is 12.4 Å². The van der Waals surface area contributed by atoms with Gasteiger partial charge in [-0.1, -0.05) is 42.5 Å². The monoisotopic (exact) mass is 345 g/mol. The molecule has 0 unspecified atom stereocenters. The lowest BCUT2D eigenvalue weighted by Crippen LogP contribution is -2.56. The molecule has 24 heavy (non-hydrogen) atoms. The van der Waals surface area contributed by atoms with Crippen LogP contribution in [0.1, 0.15) is 5.56 Å². The largest absolute Gasteiger partial charge is 0.340 e. The van der Waals surface area contributed by atoms with Gasteiger partial charge in [0.1, 0.15) is 0 Å². The molecule has 128 valence electrons. The van der Waals surface area contributed by atoms with Crippen LogP contribution in [0.5, 0.6) is 0 Å². The molecular formula is C19H24ClN3O. The maximum absolute atomic E-state index is 12.3. The summed E-state index contributed by atoms with van der Waals surface area (Å²) in [6.07, 6.45) is 0. The fraction of sp³-hybridized carbons (Fsp3) is 0.421. The number of hydrogen-bond donors (Lipinski definition) is 1. The molecule has 2 aromatic rings. The van der Waals surface area contributed by atoms with Crippen LogP contribution in [0, 0.1) is 5.92 Å². The summed E-state index contributed by atoms with van der Waals surface area (Å²) in [5.74, 6) is 0.563. The Morgan fingerprint density at radius 3 is 2.42 bits per heavy atom. The van der Waals surface area contributed by atoms with Gasteiger partial charge in [0.25, 0.3) is 0 Å². The van der Waals surface area contributed by atoms with E-state index in [1.165, 1.54) is 16.3 Å². The van der Waals surface area contributed by atoms with Crippen LogP contribution in [-0.4, -0.2) is 55.0 Å². The first kappa shape index (κ1) is 17.2. The third-order valence-electron chi connectivity index (χ3n) is 5.09. The predicted molar refractivity (Wildman–Crippen MR) is 99.4 cm³/mol. The number of piperazine rings is 1. The minimum absolute atomic E-state index is 0. The van der Waals surface area contributed by atoms with Gasteiger partial charge in [-0.3, -0.25) is 9.69 Å². The van der Waals surface area contributed by atoms with Gasteiger partial charge in [0.2, 0.25) is 5.91 Å². The molecule has 0 bridgehead atoms. The van der Waals surface area contributed by atoms with Gasteiger partial charge in [0.05, 0.1) is 5.92 Å². The summed E-state index contributed by atoms with van der Waals surface area (Å²) in [5, 5.41) is 5.83. The van der Waals surface area contributed by atoms with Crippen LogP contribution in [0.25, 0.3) is 10.8 Å². The molecule has 0 aliphatic carbocycles. The van der Waals surface area contributed by atoms with Crippen LogP contribution in [-0.2, 0) is 11.3 Å². The summed E-state index contributed by atoms with van der Waals surface area (Å²) in [7, 11) is 0. The second-order valence-corrected chi connectivity index (χ2v) is 6.59. The maximum Gasteiger partial charge on any atom is 0.228 e. The zero-order valence-corrected chi connectivity index (χ0v) is 14.6. The van der Waals surface area contributed by atoms with E-state index in [-0.39, 0.29) is 18.3 Å². The van der Waals surface area contributed by atoms with Gasteiger partial charge in [0, 0.05) is 45.8 Å². The molecular weight excluding hydrogens is 322 g/mol. The quantitative estimate of drug-likeness (QED) is 0.925. The van der Waals surface area contributed by atoms with Crippen molar-refractivity contribution in [3.05, 3.63) is 48.0 Å². The molecule has 2 heterocycles. The fourth-order valence-electron chi connectivity index (χ4n) is 3.52. The standard InChI is InChI=1S/C19H23N3O.ClH/c23-19(17-12-20-13-17)22-10-8-21(9-11-22)14-16-6-3-5-15-4-1-2-7-18(15)16;/h1-7,17,20H,8-14H2;1H. The Labute approximate surface area is 149 Å². The molecule has 2 saturated heterocycles. The Morgan fingerprint density at radius 1 is 1.00 bits per heavy atom. The summed E-state index contributed by atoms with van der Waals surface area (Å²) in [5.41, 5.74) is 1.38. The van der Waals surface area contributed by atoms with Crippen molar-refractivity contribution >= 4 is 29.1 Å². The molecule has 2 aromatic carbocycles. The number of benzene rings is 2. The highest BCUT2D eigenvalue weighted by Gasteiger charge is 2.31. The number of amides is 1. The minimum atomic E-state index is 0. The average Bonchev–Trinajstić information content (AvgIpc) is 2.54. The first-order valence-electron chi connectivity index (χ1n) is 8.50. The van der Waals surface area contributed by atoms with Gasteiger partial charge in [-0.05, 0) is 16.3 Å². The van der Waals surface area contributed by atoms with Crippen molar-refractivity contribution in [3.8, 4) is 0 Å². The van der Waals surface area contributed by atoms with Gasteiger partial charge in [0.15, 0.2) is 0 Å². The highest BCUT2D eigenvalue weighted by molar-refractivity contribution is 5.86. The predicted octanol–water partition coefficient (Wildman–Crippen LogP) is 2.13. The van der Waals surface area contributed by atoms with Crippen molar-refractivity contribution in [2.24, 2.45) is 5.92 Å². The van der Waals surface area contributed by atoms with E-state index in [1.54, 1.807) is 0 Å². The maximum atomic E-state index is 12.3. The number of halogens is 1. The molecule has 0 radical (unpaired) electrons. The number of nitrogens with one attached hydrogen (secondary N) is 1. The molecule has 2 aliphatic heterocycles. The summed E-state index contributed by atoms with van der Waals surface area (Å²) >= 11 is 0. The Morgan fingerprint density at radius 2 is 1.71 bits per heavy atom. The normalized spacial score (nSPS) is 18.9. The third-order valence-corrected chi connectivity index (χ3v) is 5.09. The van der Waals surface area contributed by atoms with Crippen LogP contribution in [0.3, 0.4) is 0 Å². The SMILES string of the molecule is Cl.O=C(C1CNC1)N1CCN(Cc2cccc3ccccc23)CC1. The van der Waals surface area contributed by atoms with Gasteiger partial charge in [-0.25, -0.2) is 0 Å². The molecule has 2 fully saturated rings. The van der Waals surface area contributed by atoms with E-state index in [4.69, 9.17) is 0 Å². The first-order valence-corrected chi connectivity index (χ1v) is 8.50. The van der Waals surface area contributed by atoms with Crippen LogP contribution < -0.4 is 5.32 Å². The van der Waals surface area contributed by atoms with Gasteiger partial charge >= 0.3 is 0 Å². The number of hydrogen-bond acceptors (Lipinski definition) is 3. The highest BCUT2D eigenvalue weighted by Crippen LogP contribution is 2.21. The van der Waals surface area contributed by atoms with Gasteiger partial charge in [-0.2, -0.15) is 0 Å². The van der Waals surface area contributed by atoms with Crippen molar-refractivity contribution in [1.82, 2.24) is 15.1 Å². The summed E-state index contributed by atoms with van der Waals surface area (Å²) in [6.45, 7) is 6.34. The van der Waals surface area contributed by atoms with Crippen molar-refractivity contribution in [2.45, 2.75) is 6.54 Å². The molecule has 0 saturated carbocycles. The van der Waals surface area contributed by atoms with Crippen LogP contribution in [0.2, 0.25) is 0 Å². The second kappa shape index (κ2) is 7.51. The van der Waals surface area contributed by atoms with Crippen LogP contribution in [0.4, 0.5) is 0 Å². The number of carbonyl (C=O) groups is 1. The number of fused-ring (bicyclic) bond motifs is 1. The zero-order chi connectivity index (χ0) is 15.6. The minimum Gasteiger partial charge on any atom is -0.340 e. The van der Waals surface area contributed by atoms with Gasteiger partial charge < -0.3 is 10.2 Å². The number of rotatable bonds is 3. The van der Waals surface area contributed by atoms with E-state index in [0.29, 0.717) is 5.91 Å². The molecule has 1 amide bonds. The molecule has 4 rings (SSSR count). The van der Waals surface area contributed by atoms with E-state index in [2.05, 4.69) is 52.7 Å². The molecule has 5 heteroatoms.